The normalized spacial score (nSPS) is 14.7. The van der Waals surface area contributed by atoms with Crippen LogP contribution in [-0.4, -0.2) is 55.2 Å². The van der Waals surface area contributed by atoms with E-state index in [0.717, 1.165) is 18.7 Å². The summed E-state index contributed by atoms with van der Waals surface area (Å²) < 4.78 is 18.3. The molecule has 3 amide bonds. The molecule has 1 aliphatic heterocycles. The van der Waals surface area contributed by atoms with E-state index in [-0.39, 0.29) is 23.3 Å². The van der Waals surface area contributed by atoms with Crippen molar-refractivity contribution in [2.75, 3.05) is 38.2 Å². The lowest BCUT2D eigenvalue weighted by Crippen LogP contribution is -2.55. The Morgan fingerprint density at radius 3 is 2.29 bits per heavy atom. The van der Waals surface area contributed by atoms with Gasteiger partial charge in [0.05, 0.1) is 13.2 Å². The van der Waals surface area contributed by atoms with Crippen molar-refractivity contribution in [2.45, 2.75) is 25.9 Å². The van der Waals surface area contributed by atoms with Crippen molar-refractivity contribution in [2.24, 2.45) is 0 Å². The van der Waals surface area contributed by atoms with Crippen LogP contribution < -0.4 is 16.0 Å². The molecule has 1 fully saturated rings. The molecule has 0 saturated carbocycles. The van der Waals surface area contributed by atoms with Crippen LogP contribution in [0.25, 0.3) is 0 Å². The van der Waals surface area contributed by atoms with Crippen LogP contribution in [-0.2, 0) is 11.3 Å². The Hall–Kier alpha value is -2.97. The van der Waals surface area contributed by atoms with Crippen LogP contribution in [0.15, 0.2) is 48.5 Å². The van der Waals surface area contributed by atoms with E-state index in [2.05, 4.69) is 34.7 Å². The van der Waals surface area contributed by atoms with Gasteiger partial charge in [0.2, 0.25) is 0 Å². The number of nitrogens with zero attached hydrogens (tertiary/aromatic N) is 1. The first-order chi connectivity index (χ1) is 14.8. The van der Waals surface area contributed by atoms with Crippen molar-refractivity contribution < 1.29 is 18.7 Å². The molecule has 31 heavy (non-hydrogen) atoms. The van der Waals surface area contributed by atoms with Gasteiger partial charge in [-0.05, 0) is 55.8 Å². The van der Waals surface area contributed by atoms with Gasteiger partial charge in [-0.15, -0.1) is 0 Å². The molecule has 2 aromatic rings. The molecule has 7 nitrogen and oxygen atoms in total. The zero-order valence-corrected chi connectivity index (χ0v) is 17.9. The summed E-state index contributed by atoms with van der Waals surface area (Å²) in [5.41, 5.74) is 1.70. The van der Waals surface area contributed by atoms with Gasteiger partial charge in [0, 0.05) is 43.0 Å². The van der Waals surface area contributed by atoms with E-state index in [1.165, 1.54) is 12.1 Å². The minimum absolute atomic E-state index is 0.173. The van der Waals surface area contributed by atoms with Gasteiger partial charge in [-0.2, -0.15) is 0 Å². The number of carbonyl (C=O) groups excluding carboxylic acids is 2. The molecule has 0 aliphatic carbocycles. The Kier molecular flexibility index (Phi) is 7.59. The third-order valence-corrected chi connectivity index (χ3v) is 5.32. The van der Waals surface area contributed by atoms with E-state index in [9.17, 15) is 14.0 Å². The monoisotopic (exact) mass is 428 g/mol. The number of amides is 3. The Balaban J connectivity index is 1.45. The molecule has 0 bridgehead atoms. The van der Waals surface area contributed by atoms with E-state index in [4.69, 9.17) is 4.74 Å². The standard InChI is InChI=1S/C23H29FN4O3/c1-23(2,28-11-13-31-14-12-28)16-26-22(30)27-20-9-5-18(6-10-20)21(29)25-15-17-3-7-19(24)8-4-17/h3-10H,11-16H2,1-2H3,(H,25,29)(H2,26,27,30). The highest BCUT2D eigenvalue weighted by Gasteiger charge is 2.28. The van der Waals surface area contributed by atoms with Crippen LogP contribution in [0.2, 0.25) is 0 Å². The van der Waals surface area contributed by atoms with Crippen LogP contribution in [0.4, 0.5) is 14.9 Å². The van der Waals surface area contributed by atoms with Gasteiger partial charge in [-0.3, -0.25) is 9.69 Å². The maximum atomic E-state index is 12.9. The predicted molar refractivity (Wildman–Crippen MR) is 118 cm³/mol. The molecule has 1 heterocycles. The van der Waals surface area contributed by atoms with Gasteiger partial charge >= 0.3 is 6.03 Å². The Morgan fingerprint density at radius 1 is 1.00 bits per heavy atom. The largest absolute Gasteiger partial charge is 0.379 e. The molecule has 0 spiro atoms. The number of urea groups is 1. The zero-order valence-electron chi connectivity index (χ0n) is 17.9. The summed E-state index contributed by atoms with van der Waals surface area (Å²) in [6.07, 6.45) is 0. The highest BCUT2D eigenvalue weighted by Crippen LogP contribution is 2.15. The quantitative estimate of drug-likeness (QED) is 0.633. The molecule has 2 aromatic carbocycles. The molecule has 0 unspecified atom stereocenters. The van der Waals surface area contributed by atoms with Crippen molar-refractivity contribution in [1.82, 2.24) is 15.5 Å². The van der Waals surface area contributed by atoms with Crippen molar-refractivity contribution in [3.8, 4) is 0 Å². The van der Waals surface area contributed by atoms with E-state index in [1.807, 2.05) is 0 Å². The van der Waals surface area contributed by atoms with E-state index >= 15 is 0 Å². The Bertz CT molecular complexity index is 879. The van der Waals surface area contributed by atoms with Gasteiger partial charge < -0.3 is 20.7 Å². The molecular formula is C23H29FN4O3. The zero-order chi connectivity index (χ0) is 22.3. The maximum absolute atomic E-state index is 12.9. The first-order valence-electron chi connectivity index (χ1n) is 10.3. The predicted octanol–water partition coefficient (Wildman–Crippen LogP) is 2.99. The molecular weight excluding hydrogens is 399 g/mol. The lowest BCUT2D eigenvalue weighted by Gasteiger charge is -2.40. The number of hydrogen-bond donors (Lipinski definition) is 3. The summed E-state index contributed by atoms with van der Waals surface area (Å²) in [5.74, 6) is -0.556. The molecule has 0 radical (unpaired) electrons. The molecule has 1 saturated heterocycles. The summed E-state index contributed by atoms with van der Waals surface area (Å²) in [6.45, 7) is 8.11. The number of halogens is 1. The first kappa shape index (κ1) is 22.7. The number of nitrogens with one attached hydrogen (secondary N) is 3. The van der Waals surface area contributed by atoms with Gasteiger partial charge in [0.1, 0.15) is 5.82 Å². The van der Waals surface area contributed by atoms with Crippen LogP contribution in [0, 0.1) is 5.82 Å². The second kappa shape index (κ2) is 10.4. The SMILES string of the molecule is CC(C)(CNC(=O)Nc1ccc(C(=O)NCc2ccc(F)cc2)cc1)N1CCOCC1. The van der Waals surface area contributed by atoms with E-state index < -0.39 is 0 Å². The summed E-state index contributed by atoms with van der Waals surface area (Å²) >= 11 is 0. The van der Waals surface area contributed by atoms with Crippen molar-refractivity contribution in [3.05, 3.63) is 65.5 Å². The fourth-order valence-electron chi connectivity index (χ4n) is 3.34. The van der Waals surface area contributed by atoms with Crippen LogP contribution in [0.5, 0.6) is 0 Å². The summed E-state index contributed by atoms with van der Waals surface area (Å²) in [6, 6.07) is 12.3. The second-order valence-corrected chi connectivity index (χ2v) is 8.11. The number of rotatable bonds is 7. The number of hydrogen-bond acceptors (Lipinski definition) is 4. The molecule has 3 N–H and O–H groups in total. The van der Waals surface area contributed by atoms with E-state index in [0.29, 0.717) is 37.6 Å². The number of carbonyl (C=O) groups is 2. The van der Waals surface area contributed by atoms with Crippen LogP contribution >= 0.6 is 0 Å². The number of anilines is 1. The third-order valence-electron chi connectivity index (χ3n) is 5.32. The van der Waals surface area contributed by atoms with Gasteiger partial charge in [0.15, 0.2) is 0 Å². The fourth-order valence-corrected chi connectivity index (χ4v) is 3.34. The lowest BCUT2D eigenvalue weighted by molar-refractivity contribution is -0.00863. The summed E-state index contributed by atoms with van der Waals surface area (Å²) in [5, 5.41) is 8.48. The molecule has 0 atom stereocenters. The second-order valence-electron chi connectivity index (χ2n) is 8.11. The smallest absolute Gasteiger partial charge is 0.319 e. The maximum Gasteiger partial charge on any atom is 0.319 e. The van der Waals surface area contributed by atoms with Gasteiger partial charge in [0.25, 0.3) is 5.91 Å². The van der Waals surface area contributed by atoms with E-state index in [1.54, 1.807) is 36.4 Å². The lowest BCUT2D eigenvalue weighted by atomic mass is 10.0. The minimum Gasteiger partial charge on any atom is -0.379 e. The number of benzene rings is 2. The van der Waals surface area contributed by atoms with Crippen LogP contribution in [0.1, 0.15) is 29.8 Å². The highest BCUT2D eigenvalue weighted by atomic mass is 19.1. The van der Waals surface area contributed by atoms with Crippen LogP contribution in [0.3, 0.4) is 0 Å². The fraction of sp³-hybridized carbons (Fsp3) is 0.391. The molecule has 166 valence electrons. The molecule has 0 aromatic heterocycles. The van der Waals surface area contributed by atoms with Gasteiger partial charge in [-0.25, -0.2) is 9.18 Å². The minimum atomic E-state index is -0.313. The van der Waals surface area contributed by atoms with Gasteiger partial charge in [-0.1, -0.05) is 12.1 Å². The summed E-state index contributed by atoms with van der Waals surface area (Å²) in [7, 11) is 0. The number of ether oxygens (including phenoxy) is 1. The first-order valence-corrected chi connectivity index (χ1v) is 10.3. The summed E-state index contributed by atoms with van der Waals surface area (Å²) in [4.78, 5) is 26.9. The molecule has 1 aliphatic rings. The third kappa shape index (κ3) is 6.77. The molecule has 8 heteroatoms. The number of morpholine rings is 1. The Labute approximate surface area is 182 Å². The molecule has 3 rings (SSSR count). The van der Waals surface area contributed by atoms with Crippen molar-refractivity contribution >= 4 is 17.6 Å². The average Bonchev–Trinajstić information content (AvgIpc) is 2.78. The topological polar surface area (TPSA) is 82.7 Å². The van der Waals surface area contributed by atoms with Crippen molar-refractivity contribution in [3.63, 3.8) is 0 Å². The van der Waals surface area contributed by atoms with Crippen molar-refractivity contribution in [1.29, 1.82) is 0 Å². The highest BCUT2D eigenvalue weighted by molar-refractivity contribution is 5.95. The Morgan fingerprint density at radius 2 is 1.65 bits per heavy atom. The average molecular weight is 429 g/mol.